The lowest BCUT2D eigenvalue weighted by Crippen LogP contribution is -2.28. The van der Waals surface area contributed by atoms with Crippen LogP contribution in [0.1, 0.15) is 40.4 Å². The number of hydrogen-bond acceptors (Lipinski definition) is 4. The molecule has 0 fully saturated rings. The van der Waals surface area contributed by atoms with Crippen molar-refractivity contribution in [3.05, 3.63) is 63.1 Å². The minimum absolute atomic E-state index is 0.0583. The average molecular weight is 349 g/mol. The zero-order chi connectivity index (χ0) is 18.8. The molecular formula is C20H19N3O3. The van der Waals surface area contributed by atoms with Gasteiger partial charge in [-0.15, -0.1) is 0 Å². The lowest BCUT2D eigenvalue weighted by Gasteiger charge is -2.16. The Balaban J connectivity index is 1.86. The molecule has 1 aromatic carbocycles. The average Bonchev–Trinajstić information content (AvgIpc) is 3.07. The monoisotopic (exact) mass is 349 g/mol. The molecule has 2 heterocycles. The molecule has 0 atom stereocenters. The van der Waals surface area contributed by atoms with Gasteiger partial charge in [0.05, 0.1) is 6.54 Å². The summed E-state index contributed by atoms with van der Waals surface area (Å²) in [6.45, 7) is 4.02. The van der Waals surface area contributed by atoms with Crippen LogP contribution in [0.3, 0.4) is 0 Å². The third kappa shape index (κ3) is 3.04. The maximum absolute atomic E-state index is 12.6. The van der Waals surface area contributed by atoms with Gasteiger partial charge in [0.1, 0.15) is 11.6 Å². The van der Waals surface area contributed by atoms with E-state index in [-0.39, 0.29) is 23.8 Å². The Morgan fingerprint density at radius 3 is 2.73 bits per heavy atom. The van der Waals surface area contributed by atoms with Crippen molar-refractivity contribution in [3.8, 4) is 6.07 Å². The number of nitriles is 1. The highest BCUT2D eigenvalue weighted by Crippen LogP contribution is 2.29. The number of benzene rings is 1. The highest BCUT2D eigenvalue weighted by Gasteiger charge is 2.24. The summed E-state index contributed by atoms with van der Waals surface area (Å²) in [6.07, 6.45) is 2.69. The van der Waals surface area contributed by atoms with Crippen LogP contribution in [0.15, 0.2) is 35.3 Å². The van der Waals surface area contributed by atoms with Gasteiger partial charge in [-0.1, -0.05) is 6.92 Å². The summed E-state index contributed by atoms with van der Waals surface area (Å²) in [6, 6.07) is 8.82. The number of nitrogens with zero attached hydrogens (tertiary/aromatic N) is 3. The highest BCUT2D eigenvalue weighted by molar-refractivity contribution is 5.99. The van der Waals surface area contributed by atoms with Gasteiger partial charge in [0.15, 0.2) is 5.78 Å². The van der Waals surface area contributed by atoms with Gasteiger partial charge in [-0.3, -0.25) is 14.4 Å². The highest BCUT2D eigenvalue weighted by atomic mass is 16.2. The first-order valence-electron chi connectivity index (χ1n) is 8.53. The summed E-state index contributed by atoms with van der Waals surface area (Å²) < 4.78 is 1.26. The van der Waals surface area contributed by atoms with E-state index < -0.39 is 5.56 Å². The smallest absolute Gasteiger partial charge is 0.269 e. The summed E-state index contributed by atoms with van der Waals surface area (Å²) in [5.41, 5.74) is 2.52. The van der Waals surface area contributed by atoms with Crippen molar-refractivity contribution >= 4 is 17.4 Å². The molecule has 3 rings (SSSR count). The Hall–Kier alpha value is -3.20. The minimum atomic E-state index is -0.457. The van der Waals surface area contributed by atoms with Crippen molar-refractivity contribution in [1.29, 1.82) is 5.26 Å². The number of Topliss-reactive ketones (excluding diaryl/α,β-unsaturated/α-hetero) is 1. The van der Waals surface area contributed by atoms with E-state index in [0.717, 1.165) is 11.3 Å². The molecule has 1 aliphatic rings. The lowest BCUT2D eigenvalue weighted by atomic mass is 10.0. The van der Waals surface area contributed by atoms with Crippen LogP contribution < -0.4 is 10.5 Å². The number of rotatable bonds is 4. The predicted octanol–water partition coefficient (Wildman–Crippen LogP) is 2.21. The summed E-state index contributed by atoms with van der Waals surface area (Å²) >= 11 is 0. The molecule has 1 aliphatic heterocycles. The van der Waals surface area contributed by atoms with Crippen molar-refractivity contribution in [2.45, 2.75) is 33.2 Å². The summed E-state index contributed by atoms with van der Waals surface area (Å²) in [5.74, 6) is -0.138. The van der Waals surface area contributed by atoms with E-state index in [2.05, 4.69) is 0 Å². The van der Waals surface area contributed by atoms with Gasteiger partial charge in [0.2, 0.25) is 5.91 Å². The fraction of sp³-hybridized carbons (Fsp3) is 0.300. The van der Waals surface area contributed by atoms with Crippen LogP contribution in [0.4, 0.5) is 5.69 Å². The number of amides is 1. The summed E-state index contributed by atoms with van der Waals surface area (Å²) in [7, 11) is 0. The second-order valence-corrected chi connectivity index (χ2v) is 6.33. The topological polar surface area (TPSA) is 83.2 Å². The molecule has 0 bridgehead atoms. The fourth-order valence-electron chi connectivity index (χ4n) is 3.20. The van der Waals surface area contributed by atoms with Crippen LogP contribution in [0, 0.1) is 18.3 Å². The van der Waals surface area contributed by atoms with Gasteiger partial charge in [-0.05, 0) is 48.7 Å². The van der Waals surface area contributed by atoms with Crippen molar-refractivity contribution < 1.29 is 9.59 Å². The summed E-state index contributed by atoms with van der Waals surface area (Å²) in [4.78, 5) is 38.6. The number of aromatic nitrogens is 1. The first-order chi connectivity index (χ1) is 12.5. The van der Waals surface area contributed by atoms with Gasteiger partial charge in [-0.25, -0.2) is 0 Å². The molecule has 132 valence electrons. The van der Waals surface area contributed by atoms with E-state index in [9.17, 15) is 14.4 Å². The first-order valence-corrected chi connectivity index (χ1v) is 8.53. The van der Waals surface area contributed by atoms with Crippen molar-refractivity contribution in [2.24, 2.45) is 0 Å². The van der Waals surface area contributed by atoms with Crippen LogP contribution in [0.2, 0.25) is 0 Å². The maximum atomic E-state index is 12.6. The largest absolute Gasteiger partial charge is 0.312 e. The fourth-order valence-corrected chi connectivity index (χ4v) is 3.20. The molecule has 6 nitrogen and oxygen atoms in total. The molecule has 0 N–H and O–H groups in total. The number of fused-ring (bicyclic) bond motifs is 1. The van der Waals surface area contributed by atoms with Gasteiger partial charge >= 0.3 is 0 Å². The van der Waals surface area contributed by atoms with E-state index in [1.165, 1.54) is 10.8 Å². The number of pyridine rings is 1. The molecule has 0 saturated carbocycles. The van der Waals surface area contributed by atoms with Crippen molar-refractivity contribution in [3.63, 3.8) is 0 Å². The minimum Gasteiger partial charge on any atom is -0.312 e. The number of ketones is 1. The molecule has 0 saturated heterocycles. The molecule has 2 aromatic rings. The number of carbonyl (C=O) groups excluding carboxylic acids is 2. The first kappa shape index (κ1) is 17.6. The Kier molecular flexibility index (Phi) is 4.72. The van der Waals surface area contributed by atoms with Crippen molar-refractivity contribution in [1.82, 2.24) is 4.57 Å². The molecule has 0 radical (unpaired) electrons. The zero-order valence-corrected chi connectivity index (χ0v) is 14.8. The number of aryl methyl sites for hydroxylation is 1. The molecule has 26 heavy (non-hydrogen) atoms. The van der Waals surface area contributed by atoms with Gasteiger partial charge in [0, 0.05) is 30.4 Å². The van der Waals surface area contributed by atoms with Crippen LogP contribution in [0.5, 0.6) is 0 Å². The Bertz CT molecular complexity index is 998. The maximum Gasteiger partial charge on any atom is 0.269 e. The van der Waals surface area contributed by atoms with E-state index in [4.69, 9.17) is 5.26 Å². The Morgan fingerprint density at radius 1 is 1.27 bits per heavy atom. The second kappa shape index (κ2) is 6.96. The van der Waals surface area contributed by atoms with E-state index in [0.29, 0.717) is 30.5 Å². The van der Waals surface area contributed by atoms with Gasteiger partial charge < -0.3 is 9.47 Å². The van der Waals surface area contributed by atoms with Crippen molar-refractivity contribution in [2.75, 3.05) is 11.4 Å². The molecule has 0 unspecified atom stereocenters. The van der Waals surface area contributed by atoms with E-state index >= 15 is 0 Å². The lowest BCUT2D eigenvalue weighted by molar-refractivity contribution is -0.118. The molecule has 1 amide bonds. The predicted molar refractivity (Wildman–Crippen MR) is 97.3 cm³/mol. The number of anilines is 1. The quantitative estimate of drug-likeness (QED) is 0.792. The van der Waals surface area contributed by atoms with Crippen LogP contribution in [-0.2, 0) is 17.8 Å². The van der Waals surface area contributed by atoms with Crippen LogP contribution in [-0.4, -0.2) is 22.8 Å². The molecule has 1 aromatic heterocycles. The number of carbonyl (C=O) groups is 2. The normalized spacial score (nSPS) is 12.6. The third-order valence-corrected chi connectivity index (χ3v) is 4.70. The molecular weight excluding hydrogens is 330 g/mol. The number of hydrogen-bond donors (Lipinski definition) is 0. The molecule has 0 aliphatic carbocycles. The standard InChI is InChI=1S/C20H19N3O3/c1-3-19(25)23-9-7-14-10-15(4-5-17(14)23)18(24)12-22-8-6-13(2)16(11-21)20(22)26/h4-6,8,10H,3,7,9,12H2,1-2H3. The van der Waals surface area contributed by atoms with Crippen LogP contribution in [0.25, 0.3) is 0 Å². The van der Waals surface area contributed by atoms with Crippen LogP contribution >= 0.6 is 0 Å². The molecule has 0 spiro atoms. The summed E-state index contributed by atoms with van der Waals surface area (Å²) in [5, 5.41) is 9.09. The zero-order valence-electron chi connectivity index (χ0n) is 14.8. The third-order valence-electron chi connectivity index (χ3n) is 4.70. The van der Waals surface area contributed by atoms with Gasteiger partial charge in [0.25, 0.3) is 5.56 Å². The Morgan fingerprint density at radius 2 is 2.04 bits per heavy atom. The van der Waals surface area contributed by atoms with E-state index in [1.807, 2.05) is 13.0 Å². The SMILES string of the molecule is CCC(=O)N1CCc2cc(C(=O)Cn3ccc(C)c(C#N)c3=O)ccc21. The van der Waals surface area contributed by atoms with Gasteiger partial charge in [-0.2, -0.15) is 5.26 Å². The Labute approximate surface area is 151 Å². The second-order valence-electron chi connectivity index (χ2n) is 6.33. The van der Waals surface area contributed by atoms with E-state index in [1.54, 1.807) is 36.1 Å². The molecule has 6 heteroatoms.